The molecule has 0 unspecified atom stereocenters. The molecule has 2 aromatic rings. The van der Waals surface area contributed by atoms with Crippen LogP contribution < -0.4 is 0 Å². The topological polar surface area (TPSA) is 96.7 Å². The van der Waals surface area contributed by atoms with Gasteiger partial charge in [-0.25, -0.2) is 0 Å². The molecule has 1 heterocycles. The van der Waals surface area contributed by atoms with Crippen LogP contribution in [0.15, 0.2) is 65.8 Å². The first-order valence-corrected chi connectivity index (χ1v) is 8.43. The first kappa shape index (κ1) is 18.4. The van der Waals surface area contributed by atoms with E-state index in [4.69, 9.17) is 19.7 Å². The zero-order chi connectivity index (χ0) is 18.2. The standard InChI is InChI=1S/C19H21N3O4/c20-22-21-19-17(23)18(25-12-15-9-5-2-6-10-15)16(13-26-19)24-11-14-7-3-1-4-8-14/h1-10,16-19,23H,11-13H2/t16-,17+,18-,19+/m0/s1. The quantitative estimate of drug-likeness (QED) is 0.468. The Balaban J connectivity index is 1.67. The van der Waals surface area contributed by atoms with Crippen molar-refractivity contribution in [2.24, 2.45) is 5.11 Å². The number of benzene rings is 2. The van der Waals surface area contributed by atoms with Crippen LogP contribution in [0.1, 0.15) is 11.1 Å². The summed E-state index contributed by atoms with van der Waals surface area (Å²) in [5.41, 5.74) is 10.6. The fourth-order valence-electron chi connectivity index (χ4n) is 2.81. The van der Waals surface area contributed by atoms with E-state index in [-0.39, 0.29) is 6.61 Å². The van der Waals surface area contributed by atoms with Gasteiger partial charge in [-0.1, -0.05) is 65.8 Å². The van der Waals surface area contributed by atoms with Crippen LogP contribution in [0.4, 0.5) is 0 Å². The molecule has 1 fully saturated rings. The van der Waals surface area contributed by atoms with Crippen LogP contribution in [0, 0.1) is 0 Å². The van der Waals surface area contributed by atoms with Crippen molar-refractivity contribution in [2.45, 2.75) is 37.8 Å². The van der Waals surface area contributed by atoms with Gasteiger partial charge in [0.25, 0.3) is 0 Å². The molecule has 3 rings (SSSR count). The largest absolute Gasteiger partial charge is 0.387 e. The summed E-state index contributed by atoms with van der Waals surface area (Å²) in [5.74, 6) is 0. The molecule has 0 amide bonds. The van der Waals surface area contributed by atoms with Gasteiger partial charge in [0.1, 0.15) is 18.3 Å². The molecule has 1 saturated heterocycles. The van der Waals surface area contributed by atoms with Gasteiger partial charge in [-0.15, -0.1) is 0 Å². The lowest BCUT2D eigenvalue weighted by atomic mass is 10.0. The van der Waals surface area contributed by atoms with Gasteiger partial charge >= 0.3 is 0 Å². The van der Waals surface area contributed by atoms with Gasteiger partial charge in [0.05, 0.1) is 19.8 Å². The second-order valence-electron chi connectivity index (χ2n) is 6.02. The van der Waals surface area contributed by atoms with Gasteiger partial charge in [0.2, 0.25) is 0 Å². The summed E-state index contributed by atoms with van der Waals surface area (Å²) in [6.45, 7) is 0.864. The lowest BCUT2D eigenvalue weighted by Crippen LogP contribution is -2.54. The Morgan fingerprint density at radius 3 is 2.15 bits per heavy atom. The molecule has 2 aromatic carbocycles. The van der Waals surface area contributed by atoms with E-state index in [1.165, 1.54) is 0 Å². The summed E-state index contributed by atoms with van der Waals surface area (Å²) < 4.78 is 17.3. The Hall–Kier alpha value is -2.41. The van der Waals surface area contributed by atoms with E-state index in [9.17, 15) is 5.11 Å². The van der Waals surface area contributed by atoms with Gasteiger partial charge < -0.3 is 19.3 Å². The van der Waals surface area contributed by atoms with Crippen molar-refractivity contribution in [3.8, 4) is 0 Å². The van der Waals surface area contributed by atoms with Crippen LogP contribution in [-0.2, 0) is 27.4 Å². The van der Waals surface area contributed by atoms with Crippen LogP contribution >= 0.6 is 0 Å². The molecule has 1 aliphatic rings. The third-order valence-electron chi connectivity index (χ3n) is 4.18. The minimum Gasteiger partial charge on any atom is -0.387 e. The van der Waals surface area contributed by atoms with Crippen molar-refractivity contribution in [1.29, 1.82) is 0 Å². The molecule has 0 aliphatic carbocycles. The highest BCUT2D eigenvalue weighted by Crippen LogP contribution is 2.24. The number of aliphatic hydroxyl groups excluding tert-OH is 1. The maximum atomic E-state index is 10.5. The van der Waals surface area contributed by atoms with Gasteiger partial charge in [0.15, 0.2) is 6.23 Å². The maximum Gasteiger partial charge on any atom is 0.165 e. The highest BCUT2D eigenvalue weighted by atomic mass is 16.6. The lowest BCUT2D eigenvalue weighted by Gasteiger charge is -2.38. The van der Waals surface area contributed by atoms with Crippen LogP contribution in [0.2, 0.25) is 0 Å². The van der Waals surface area contributed by atoms with E-state index < -0.39 is 24.5 Å². The van der Waals surface area contributed by atoms with Crippen LogP contribution in [0.3, 0.4) is 0 Å². The molecule has 1 N–H and O–H groups in total. The van der Waals surface area contributed by atoms with Crippen LogP contribution in [0.25, 0.3) is 10.4 Å². The molecule has 7 heteroatoms. The number of ether oxygens (including phenoxy) is 3. The van der Waals surface area contributed by atoms with E-state index in [0.717, 1.165) is 11.1 Å². The molecule has 26 heavy (non-hydrogen) atoms. The van der Waals surface area contributed by atoms with Crippen molar-refractivity contribution in [3.05, 3.63) is 82.2 Å². The molecular formula is C19H21N3O4. The number of aliphatic hydroxyl groups is 1. The minimum absolute atomic E-state index is 0.174. The molecule has 136 valence electrons. The molecule has 7 nitrogen and oxygen atoms in total. The lowest BCUT2D eigenvalue weighted by molar-refractivity contribution is -0.221. The summed E-state index contributed by atoms with van der Waals surface area (Å²) >= 11 is 0. The van der Waals surface area contributed by atoms with Crippen LogP contribution in [0.5, 0.6) is 0 Å². The Morgan fingerprint density at radius 2 is 1.58 bits per heavy atom. The van der Waals surface area contributed by atoms with Crippen molar-refractivity contribution in [3.63, 3.8) is 0 Å². The molecule has 0 radical (unpaired) electrons. The maximum absolute atomic E-state index is 10.5. The van der Waals surface area contributed by atoms with Gasteiger partial charge in [-0.05, 0) is 16.7 Å². The summed E-state index contributed by atoms with van der Waals surface area (Å²) in [6.07, 6.45) is -3.23. The number of hydrogen-bond acceptors (Lipinski definition) is 5. The zero-order valence-electron chi connectivity index (χ0n) is 14.2. The third-order valence-corrected chi connectivity index (χ3v) is 4.18. The molecule has 0 saturated carbocycles. The Morgan fingerprint density at radius 1 is 1.00 bits per heavy atom. The fraction of sp³-hybridized carbons (Fsp3) is 0.368. The average molecular weight is 355 g/mol. The van der Waals surface area contributed by atoms with Crippen molar-refractivity contribution in [1.82, 2.24) is 0 Å². The number of azide groups is 1. The number of rotatable bonds is 7. The highest BCUT2D eigenvalue weighted by molar-refractivity contribution is 5.14. The minimum atomic E-state index is -1.11. The second kappa shape index (κ2) is 9.33. The van der Waals surface area contributed by atoms with Crippen LogP contribution in [-0.4, -0.2) is 36.3 Å². The molecule has 0 spiro atoms. The molecule has 0 bridgehead atoms. The van der Waals surface area contributed by atoms with E-state index in [1.54, 1.807) is 0 Å². The van der Waals surface area contributed by atoms with E-state index in [1.807, 2.05) is 60.7 Å². The van der Waals surface area contributed by atoms with Crippen molar-refractivity contribution < 1.29 is 19.3 Å². The summed E-state index contributed by atoms with van der Waals surface area (Å²) in [6, 6.07) is 19.4. The Kier molecular flexibility index (Phi) is 6.60. The smallest absolute Gasteiger partial charge is 0.165 e. The predicted octanol–water partition coefficient (Wildman–Crippen LogP) is 3.18. The van der Waals surface area contributed by atoms with Crippen molar-refractivity contribution >= 4 is 0 Å². The SMILES string of the molecule is [N-]=[N+]=N[C@@H]1OC[C@H](OCc2ccccc2)[C@H](OCc2ccccc2)[C@H]1O. The normalized spacial score (nSPS) is 25.4. The van der Waals surface area contributed by atoms with E-state index in [2.05, 4.69) is 10.0 Å². The Labute approximate surface area is 151 Å². The summed E-state index contributed by atoms with van der Waals surface area (Å²) in [4.78, 5) is 2.72. The van der Waals surface area contributed by atoms with Gasteiger partial charge in [-0.3, -0.25) is 0 Å². The molecule has 0 aromatic heterocycles. The van der Waals surface area contributed by atoms with Crippen molar-refractivity contribution in [2.75, 3.05) is 6.61 Å². The Bertz CT molecular complexity index is 722. The summed E-state index contributed by atoms with van der Waals surface area (Å²) in [7, 11) is 0. The van der Waals surface area contributed by atoms with Gasteiger partial charge in [0, 0.05) is 4.91 Å². The fourth-order valence-corrected chi connectivity index (χ4v) is 2.81. The number of hydrogen-bond donors (Lipinski definition) is 1. The highest BCUT2D eigenvalue weighted by Gasteiger charge is 2.40. The first-order chi connectivity index (χ1) is 12.8. The van der Waals surface area contributed by atoms with Gasteiger partial charge in [-0.2, -0.15) is 0 Å². The number of nitrogens with zero attached hydrogens (tertiary/aromatic N) is 3. The molecule has 4 atom stereocenters. The van der Waals surface area contributed by atoms with E-state index >= 15 is 0 Å². The first-order valence-electron chi connectivity index (χ1n) is 8.43. The average Bonchev–Trinajstić information content (AvgIpc) is 2.69. The molecule has 1 aliphatic heterocycles. The molecular weight excluding hydrogens is 334 g/mol. The predicted molar refractivity (Wildman–Crippen MR) is 94.9 cm³/mol. The monoisotopic (exact) mass is 355 g/mol. The summed E-state index contributed by atoms with van der Waals surface area (Å²) in [5, 5.41) is 14.0. The zero-order valence-corrected chi connectivity index (χ0v) is 14.2. The van der Waals surface area contributed by atoms with E-state index in [0.29, 0.717) is 13.2 Å². The third kappa shape index (κ3) is 4.82. The second-order valence-corrected chi connectivity index (χ2v) is 6.02.